The minimum Gasteiger partial charge on any atom is -0.295 e. The Bertz CT molecular complexity index is 773. The first kappa shape index (κ1) is 13.7. The third-order valence-corrected chi connectivity index (χ3v) is 4.35. The molecule has 0 bridgehead atoms. The first-order valence-corrected chi connectivity index (χ1v) is 7.61. The zero-order chi connectivity index (χ0) is 14.8. The van der Waals surface area contributed by atoms with Gasteiger partial charge in [-0.25, -0.2) is 4.98 Å². The molecule has 0 aliphatic rings. The Hall–Kier alpha value is -2.26. The van der Waals surface area contributed by atoms with Crippen molar-refractivity contribution in [2.75, 3.05) is 0 Å². The third kappa shape index (κ3) is 2.78. The quantitative estimate of drug-likeness (QED) is 0.637. The van der Waals surface area contributed by atoms with E-state index in [1.807, 2.05) is 49.4 Å². The molecule has 21 heavy (non-hydrogen) atoms. The molecule has 0 fully saturated rings. The Balaban J connectivity index is 2.09. The molecule has 0 aliphatic heterocycles. The lowest BCUT2D eigenvalue weighted by Gasteiger charge is -2.03. The third-order valence-electron chi connectivity index (χ3n) is 3.33. The molecular formula is C18H15NOS. The van der Waals surface area contributed by atoms with E-state index in [9.17, 15) is 4.79 Å². The van der Waals surface area contributed by atoms with Crippen molar-refractivity contribution in [3.63, 3.8) is 0 Å². The van der Waals surface area contributed by atoms with Gasteiger partial charge in [-0.3, -0.25) is 4.79 Å². The van der Waals surface area contributed by atoms with Gasteiger partial charge in [0.05, 0.1) is 15.6 Å². The molecule has 3 heteroatoms. The van der Waals surface area contributed by atoms with Crippen LogP contribution in [0.1, 0.15) is 22.3 Å². The van der Waals surface area contributed by atoms with Crippen molar-refractivity contribution in [2.45, 2.75) is 13.8 Å². The summed E-state index contributed by atoms with van der Waals surface area (Å²) in [4.78, 5) is 17.2. The molecule has 1 aromatic heterocycles. The summed E-state index contributed by atoms with van der Waals surface area (Å²) < 4.78 is 0. The van der Waals surface area contributed by atoms with Gasteiger partial charge in [0.1, 0.15) is 0 Å². The van der Waals surface area contributed by atoms with Crippen molar-refractivity contribution in [1.29, 1.82) is 0 Å². The molecule has 2 nitrogen and oxygen atoms in total. The van der Waals surface area contributed by atoms with Gasteiger partial charge in [0.15, 0.2) is 5.78 Å². The molecule has 0 radical (unpaired) electrons. The van der Waals surface area contributed by atoms with Gasteiger partial charge in [-0.2, -0.15) is 0 Å². The van der Waals surface area contributed by atoms with Gasteiger partial charge >= 0.3 is 0 Å². The molecule has 104 valence electrons. The largest absolute Gasteiger partial charge is 0.295 e. The van der Waals surface area contributed by atoms with Gasteiger partial charge in [0.2, 0.25) is 0 Å². The fourth-order valence-electron chi connectivity index (χ4n) is 2.27. The maximum Gasteiger partial charge on any atom is 0.159 e. The molecular weight excluding hydrogens is 278 g/mol. The average molecular weight is 293 g/mol. The smallest absolute Gasteiger partial charge is 0.159 e. The lowest BCUT2D eigenvalue weighted by Crippen LogP contribution is -1.90. The first-order valence-electron chi connectivity index (χ1n) is 6.79. The highest BCUT2D eigenvalue weighted by Crippen LogP contribution is 2.36. The van der Waals surface area contributed by atoms with Crippen LogP contribution in [0.25, 0.3) is 21.7 Å². The van der Waals surface area contributed by atoms with Crippen LogP contribution in [0.4, 0.5) is 0 Å². The SMILES string of the molecule is CC(=O)c1ccc(-c2sc(C)nc2-c2ccccc2)cc1. The summed E-state index contributed by atoms with van der Waals surface area (Å²) in [6, 6.07) is 17.9. The van der Waals surface area contributed by atoms with E-state index < -0.39 is 0 Å². The second-order valence-electron chi connectivity index (χ2n) is 4.91. The number of thiazole rings is 1. The maximum atomic E-state index is 11.4. The van der Waals surface area contributed by atoms with Crippen LogP contribution >= 0.6 is 11.3 Å². The van der Waals surface area contributed by atoms with Gasteiger partial charge in [-0.15, -0.1) is 11.3 Å². The number of carbonyl (C=O) groups excluding carboxylic acids is 1. The topological polar surface area (TPSA) is 30.0 Å². The van der Waals surface area contributed by atoms with E-state index in [0.717, 1.165) is 32.3 Å². The van der Waals surface area contributed by atoms with Crippen LogP contribution in [0.3, 0.4) is 0 Å². The van der Waals surface area contributed by atoms with Crippen molar-refractivity contribution in [3.8, 4) is 21.7 Å². The fraction of sp³-hybridized carbons (Fsp3) is 0.111. The predicted octanol–water partition coefficient (Wildman–Crippen LogP) is 4.99. The van der Waals surface area contributed by atoms with Crippen molar-refractivity contribution in [3.05, 3.63) is 65.2 Å². The summed E-state index contributed by atoms with van der Waals surface area (Å²) in [5.41, 5.74) is 3.96. The highest BCUT2D eigenvalue weighted by atomic mass is 32.1. The Kier molecular flexibility index (Phi) is 3.67. The second kappa shape index (κ2) is 5.62. The van der Waals surface area contributed by atoms with E-state index in [2.05, 4.69) is 17.1 Å². The van der Waals surface area contributed by atoms with Crippen molar-refractivity contribution >= 4 is 17.1 Å². The number of nitrogens with zero attached hydrogens (tertiary/aromatic N) is 1. The number of aryl methyl sites for hydroxylation is 1. The molecule has 3 aromatic rings. The Morgan fingerprint density at radius 2 is 1.62 bits per heavy atom. The van der Waals surface area contributed by atoms with E-state index in [1.165, 1.54) is 0 Å². The Morgan fingerprint density at radius 3 is 2.24 bits per heavy atom. The highest BCUT2D eigenvalue weighted by molar-refractivity contribution is 7.15. The maximum absolute atomic E-state index is 11.4. The summed E-state index contributed by atoms with van der Waals surface area (Å²) >= 11 is 1.68. The van der Waals surface area contributed by atoms with Gasteiger partial charge in [-0.05, 0) is 19.4 Å². The van der Waals surface area contributed by atoms with Crippen molar-refractivity contribution in [1.82, 2.24) is 4.98 Å². The number of carbonyl (C=O) groups is 1. The van der Waals surface area contributed by atoms with E-state index in [-0.39, 0.29) is 5.78 Å². The van der Waals surface area contributed by atoms with Gasteiger partial charge in [0.25, 0.3) is 0 Å². The highest BCUT2D eigenvalue weighted by Gasteiger charge is 2.13. The van der Waals surface area contributed by atoms with Crippen molar-refractivity contribution < 1.29 is 4.79 Å². The molecule has 0 N–H and O–H groups in total. The fourth-order valence-corrected chi connectivity index (χ4v) is 3.22. The Morgan fingerprint density at radius 1 is 0.952 bits per heavy atom. The summed E-state index contributed by atoms with van der Waals surface area (Å²) in [5.74, 6) is 0.0883. The molecule has 1 heterocycles. The van der Waals surface area contributed by atoms with Crippen LogP contribution in [0, 0.1) is 6.92 Å². The molecule has 0 unspecified atom stereocenters. The molecule has 0 aliphatic carbocycles. The van der Waals surface area contributed by atoms with E-state index in [4.69, 9.17) is 0 Å². The molecule has 0 amide bonds. The second-order valence-corrected chi connectivity index (χ2v) is 6.11. The van der Waals surface area contributed by atoms with Crippen LogP contribution in [-0.4, -0.2) is 10.8 Å². The van der Waals surface area contributed by atoms with Crippen LogP contribution in [0.5, 0.6) is 0 Å². The predicted molar refractivity (Wildman–Crippen MR) is 87.7 cm³/mol. The molecule has 0 spiro atoms. The first-order chi connectivity index (χ1) is 10.1. The van der Waals surface area contributed by atoms with Crippen LogP contribution in [0.2, 0.25) is 0 Å². The van der Waals surface area contributed by atoms with Crippen LogP contribution in [-0.2, 0) is 0 Å². The molecule has 0 atom stereocenters. The summed E-state index contributed by atoms with van der Waals surface area (Å²) in [5, 5.41) is 1.04. The average Bonchev–Trinajstić information content (AvgIpc) is 2.90. The van der Waals surface area contributed by atoms with E-state index in [1.54, 1.807) is 18.3 Å². The van der Waals surface area contributed by atoms with E-state index in [0.29, 0.717) is 0 Å². The number of hydrogen-bond acceptors (Lipinski definition) is 3. The number of benzene rings is 2. The lowest BCUT2D eigenvalue weighted by molar-refractivity contribution is 0.101. The van der Waals surface area contributed by atoms with E-state index >= 15 is 0 Å². The minimum absolute atomic E-state index is 0.0883. The monoisotopic (exact) mass is 293 g/mol. The van der Waals surface area contributed by atoms with Crippen molar-refractivity contribution in [2.24, 2.45) is 0 Å². The summed E-state index contributed by atoms with van der Waals surface area (Å²) in [6.07, 6.45) is 0. The van der Waals surface area contributed by atoms with Gasteiger partial charge < -0.3 is 0 Å². The number of ketones is 1. The number of Topliss-reactive ketones (excluding diaryl/α,β-unsaturated/α-hetero) is 1. The standard InChI is InChI=1S/C18H15NOS/c1-12(20)14-8-10-16(11-9-14)18-17(19-13(2)21-18)15-6-4-3-5-7-15/h3-11H,1-2H3. The number of rotatable bonds is 3. The zero-order valence-corrected chi connectivity index (χ0v) is 12.8. The molecule has 3 rings (SSSR count). The summed E-state index contributed by atoms with van der Waals surface area (Å²) in [6.45, 7) is 3.60. The van der Waals surface area contributed by atoms with Gasteiger partial charge in [0, 0.05) is 11.1 Å². The van der Waals surface area contributed by atoms with Gasteiger partial charge in [-0.1, -0.05) is 54.6 Å². The number of aromatic nitrogens is 1. The number of hydrogen-bond donors (Lipinski definition) is 0. The van der Waals surface area contributed by atoms with Crippen LogP contribution in [0.15, 0.2) is 54.6 Å². The molecule has 2 aromatic carbocycles. The minimum atomic E-state index is 0.0883. The Labute approximate surface area is 128 Å². The normalized spacial score (nSPS) is 10.6. The lowest BCUT2D eigenvalue weighted by atomic mass is 10.0. The summed E-state index contributed by atoms with van der Waals surface area (Å²) in [7, 11) is 0. The molecule has 0 saturated carbocycles. The zero-order valence-electron chi connectivity index (χ0n) is 12.0. The molecule has 0 saturated heterocycles. The van der Waals surface area contributed by atoms with Crippen LogP contribution < -0.4 is 0 Å².